The number of aromatic amines is 2. The van der Waals surface area contributed by atoms with Crippen LogP contribution in [-0.2, 0) is 0 Å². The smallest absolute Gasteiger partial charge is 0.272 e. The van der Waals surface area contributed by atoms with Gasteiger partial charge in [-0.15, -0.1) is 0 Å². The van der Waals surface area contributed by atoms with Crippen molar-refractivity contribution in [2.45, 2.75) is 0 Å². The first kappa shape index (κ1) is 15.5. The fourth-order valence-corrected chi connectivity index (χ4v) is 2.25. The van der Waals surface area contributed by atoms with Gasteiger partial charge in [-0.2, -0.15) is 0 Å². The van der Waals surface area contributed by atoms with E-state index in [9.17, 15) is 9.59 Å². The van der Waals surface area contributed by atoms with Crippen molar-refractivity contribution < 1.29 is 0 Å². The monoisotopic (exact) mass is 316 g/mol. The Morgan fingerprint density at radius 2 is 1.21 bits per heavy atom. The molecular weight excluding hydrogens is 300 g/mol. The third kappa shape index (κ3) is 3.87. The first-order valence-corrected chi connectivity index (χ1v) is 7.55. The topological polar surface area (TPSA) is 65.7 Å². The molecule has 1 heterocycles. The van der Waals surface area contributed by atoms with Crippen LogP contribution in [0.5, 0.6) is 0 Å². The Balaban J connectivity index is 1.98. The summed E-state index contributed by atoms with van der Waals surface area (Å²) in [6.07, 6.45) is 6.82. The Hall–Kier alpha value is -3.40. The van der Waals surface area contributed by atoms with Crippen molar-refractivity contribution in [1.82, 2.24) is 9.97 Å². The number of benzene rings is 2. The van der Waals surface area contributed by atoms with Crippen molar-refractivity contribution in [3.8, 4) is 0 Å². The Bertz CT molecular complexity index is 1080. The molecule has 1 aromatic heterocycles. The van der Waals surface area contributed by atoms with E-state index in [1.807, 2.05) is 66.7 Å². The highest BCUT2D eigenvalue weighted by Crippen LogP contribution is 2.00. The number of aromatic nitrogens is 2. The number of allylic oxidation sites excluding steroid dienone is 1. The van der Waals surface area contributed by atoms with Gasteiger partial charge in [-0.05, 0) is 23.3 Å². The van der Waals surface area contributed by atoms with Gasteiger partial charge in [0.2, 0.25) is 0 Å². The van der Waals surface area contributed by atoms with Crippen molar-refractivity contribution in [1.29, 1.82) is 0 Å². The first-order chi connectivity index (χ1) is 11.7. The molecule has 0 unspecified atom stereocenters. The zero-order valence-electron chi connectivity index (χ0n) is 12.9. The molecule has 0 aliphatic rings. The number of nitrogens with one attached hydrogen (secondary N) is 2. The SMILES string of the molecule is O=c1[nH]/c(=C/c2ccccc2)c(=O)[nH]/c1=C/C=Cc1ccccc1. The molecule has 0 atom stereocenters. The van der Waals surface area contributed by atoms with Gasteiger partial charge in [0.15, 0.2) is 0 Å². The molecule has 24 heavy (non-hydrogen) atoms. The minimum Gasteiger partial charge on any atom is -0.316 e. The van der Waals surface area contributed by atoms with E-state index in [4.69, 9.17) is 0 Å². The summed E-state index contributed by atoms with van der Waals surface area (Å²) in [7, 11) is 0. The van der Waals surface area contributed by atoms with Gasteiger partial charge in [0, 0.05) is 0 Å². The molecule has 2 aromatic carbocycles. The van der Waals surface area contributed by atoms with Crippen LogP contribution in [0.15, 0.2) is 76.3 Å². The van der Waals surface area contributed by atoms with Gasteiger partial charge >= 0.3 is 0 Å². The summed E-state index contributed by atoms with van der Waals surface area (Å²) in [6.45, 7) is 0. The first-order valence-electron chi connectivity index (χ1n) is 7.55. The second-order valence-corrected chi connectivity index (χ2v) is 5.23. The lowest BCUT2D eigenvalue weighted by atomic mass is 10.2. The molecule has 2 N–H and O–H groups in total. The van der Waals surface area contributed by atoms with Gasteiger partial charge in [-0.25, -0.2) is 0 Å². The maximum atomic E-state index is 12.1. The number of H-pyrrole nitrogens is 2. The largest absolute Gasteiger partial charge is 0.316 e. The van der Waals surface area contributed by atoms with Crippen molar-refractivity contribution in [2.24, 2.45) is 0 Å². The van der Waals surface area contributed by atoms with Crippen LogP contribution in [0, 0.1) is 0 Å². The van der Waals surface area contributed by atoms with E-state index in [2.05, 4.69) is 9.97 Å². The molecule has 0 radical (unpaired) electrons. The molecule has 0 aliphatic carbocycles. The minimum absolute atomic E-state index is 0.220. The molecule has 4 heteroatoms. The summed E-state index contributed by atoms with van der Waals surface area (Å²) in [4.78, 5) is 29.5. The quantitative estimate of drug-likeness (QED) is 0.767. The van der Waals surface area contributed by atoms with E-state index in [1.165, 1.54) is 0 Å². The number of hydrogen-bond donors (Lipinski definition) is 2. The van der Waals surface area contributed by atoms with Gasteiger partial charge in [-0.1, -0.05) is 72.8 Å². The minimum atomic E-state index is -0.338. The molecule has 0 saturated carbocycles. The Kier molecular flexibility index (Phi) is 4.68. The number of rotatable bonds is 3. The molecule has 0 bridgehead atoms. The second-order valence-electron chi connectivity index (χ2n) is 5.23. The molecule has 0 aliphatic heterocycles. The average molecular weight is 316 g/mol. The van der Waals surface area contributed by atoms with E-state index in [-0.39, 0.29) is 21.8 Å². The van der Waals surface area contributed by atoms with Gasteiger partial charge in [-0.3, -0.25) is 9.59 Å². The van der Waals surface area contributed by atoms with Crippen LogP contribution < -0.4 is 21.8 Å². The molecule has 0 amide bonds. The van der Waals surface area contributed by atoms with Gasteiger partial charge in [0.25, 0.3) is 11.1 Å². The van der Waals surface area contributed by atoms with Crippen LogP contribution >= 0.6 is 0 Å². The Labute approximate surface area is 138 Å². The second kappa shape index (κ2) is 7.24. The lowest BCUT2D eigenvalue weighted by molar-refractivity contribution is 1.00. The zero-order valence-corrected chi connectivity index (χ0v) is 12.9. The predicted molar refractivity (Wildman–Crippen MR) is 96.9 cm³/mol. The van der Waals surface area contributed by atoms with Crippen molar-refractivity contribution >= 4 is 18.2 Å². The van der Waals surface area contributed by atoms with E-state index < -0.39 is 0 Å². The Morgan fingerprint density at radius 1 is 0.667 bits per heavy atom. The summed E-state index contributed by atoms with van der Waals surface area (Å²) in [5, 5.41) is 0.452. The molecule has 0 spiro atoms. The average Bonchev–Trinajstić information content (AvgIpc) is 2.61. The summed E-state index contributed by atoms with van der Waals surface area (Å²) >= 11 is 0. The van der Waals surface area contributed by atoms with E-state index >= 15 is 0 Å². The normalized spacial score (nSPS) is 12.8. The van der Waals surface area contributed by atoms with Crippen LogP contribution in [0.2, 0.25) is 0 Å². The van der Waals surface area contributed by atoms with Crippen LogP contribution in [0.1, 0.15) is 11.1 Å². The maximum Gasteiger partial charge on any atom is 0.272 e. The molecular formula is C20H16N2O2. The fraction of sp³-hybridized carbons (Fsp3) is 0. The van der Waals surface area contributed by atoms with Crippen molar-refractivity contribution in [3.05, 3.63) is 109 Å². The van der Waals surface area contributed by atoms with Gasteiger partial charge in [0.1, 0.15) is 10.7 Å². The lowest BCUT2D eigenvalue weighted by Gasteiger charge is -1.92. The van der Waals surface area contributed by atoms with E-state index in [0.29, 0.717) is 0 Å². The third-order valence-corrected chi connectivity index (χ3v) is 3.45. The van der Waals surface area contributed by atoms with Crippen LogP contribution in [-0.4, -0.2) is 9.97 Å². The molecule has 0 saturated heterocycles. The summed E-state index contributed by atoms with van der Waals surface area (Å²) < 4.78 is 0. The van der Waals surface area contributed by atoms with Crippen LogP contribution in [0.3, 0.4) is 0 Å². The molecule has 3 rings (SSSR count). The van der Waals surface area contributed by atoms with Crippen molar-refractivity contribution in [3.63, 3.8) is 0 Å². The molecule has 118 valence electrons. The summed E-state index contributed by atoms with van der Waals surface area (Å²) in [5.74, 6) is 0. The molecule has 0 fully saturated rings. The third-order valence-electron chi connectivity index (χ3n) is 3.45. The summed E-state index contributed by atoms with van der Waals surface area (Å²) in [5.41, 5.74) is 1.19. The molecule has 4 nitrogen and oxygen atoms in total. The van der Waals surface area contributed by atoms with Crippen molar-refractivity contribution in [2.75, 3.05) is 0 Å². The summed E-state index contributed by atoms with van der Waals surface area (Å²) in [6, 6.07) is 19.1. The Morgan fingerprint density at radius 3 is 1.88 bits per heavy atom. The lowest BCUT2D eigenvalue weighted by Crippen LogP contribution is -2.46. The van der Waals surface area contributed by atoms with Crippen LogP contribution in [0.4, 0.5) is 0 Å². The maximum absolute atomic E-state index is 12.1. The highest BCUT2D eigenvalue weighted by Gasteiger charge is 1.95. The van der Waals surface area contributed by atoms with Gasteiger partial charge < -0.3 is 9.97 Å². The zero-order chi connectivity index (χ0) is 16.8. The van der Waals surface area contributed by atoms with E-state index in [1.54, 1.807) is 18.2 Å². The fourth-order valence-electron chi connectivity index (χ4n) is 2.25. The number of hydrogen-bond acceptors (Lipinski definition) is 2. The predicted octanol–water partition coefficient (Wildman–Crippen LogP) is 1.39. The standard InChI is InChI=1S/C20H16N2O2/c23-19-17(13-7-12-15-8-3-1-4-9-15)21-20(24)18(22-19)14-16-10-5-2-6-11-16/h1-14H,(H,21,24)(H,22,23)/b12-7?,17-13+,18-14+. The van der Waals surface area contributed by atoms with E-state index in [0.717, 1.165) is 11.1 Å². The van der Waals surface area contributed by atoms with Gasteiger partial charge in [0.05, 0.1) is 0 Å². The highest BCUT2D eigenvalue weighted by atomic mass is 16.1. The molecule has 3 aromatic rings. The highest BCUT2D eigenvalue weighted by molar-refractivity contribution is 5.56. The van der Waals surface area contributed by atoms with Crippen LogP contribution in [0.25, 0.3) is 18.2 Å².